The van der Waals surface area contributed by atoms with Crippen LogP contribution in [0.15, 0.2) is 17.2 Å². The average Bonchev–Trinajstić information content (AvgIpc) is 3.24. The summed E-state index contributed by atoms with van der Waals surface area (Å²) in [6.45, 7) is 3.11. The molecule has 0 spiro atoms. The summed E-state index contributed by atoms with van der Waals surface area (Å²) in [6.07, 6.45) is 8.21. The summed E-state index contributed by atoms with van der Waals surface area (Å²) in [5.41, 5.74) is 0.0708. The zero-order chi connectivity index (χ0) is 13.2. The normalized spacial score (nSPS) is 20.5. The highest BCUT2D eigenvalue weighted by Crippen LogP contribution is 2.33. The Morgan fingerprint density at radius 3 is 2.79 bits per heavy atom. The standard InChI is InChI=1S/C14H22N4O/c1-17(10-11-4-6-15-7-5-11)13-14(19)18(9-8-16-13)12-2-3-12/h8-9,11-12,15H,2-7,10H2,1H3. The van der Waals surface area contributed by atoms with Crippen molar-refractivity contribution in [1.82, 2.24) is 14.9 Å². The van der Waals surface area contributed by atoms with Gasteiger partial charge in [-0.3, -0.25) is 4.79 Å². The smallest absolute Gasteiger partial charge is 0.293 e. The Kier molecular flexibility index (Phi) is 3.55. The fraction of sp³-hybridized carbons (Fsp3) is 0.714. The number of hydrogen-bond acceptors (Lipinski definition) is 4. The molecule has 0 unspecified atom stereocenters. The van der Waals surface area contributed by atoms with E-state index in [4.69, 9.17) is 0 Å². The third-order valence-electron chi connectivity index (χ3n) is 4.14. The lowest BCUT2D eigenvalue weighted by Gasteiger charge is -2.27. The highest BCUT2D eigenvalue weighted by Gasteiger charge is 2.26. The predicted molar refractivity (Wildman–Crippen MR) is 75.6 cm³/mol. The van der Waals surface area contributed by atoms with Crippen molar-refractivity contribution in [2.24, 2.45) is 5.92 Å². The Morgan fingerprint density at radius 1 is 1.37 bits per heavy atom. The first kappa shape index (κ1) is 12.7. The molecule has 1 saturated carbocycles. The molecule has 1 aliphatic heterocycles. The van der Waals surface area contributed by atoms with Gasteiger partial charge < -0.3 is 14.8 Å². The van der Waals surface area contributed by atoms with Gasteiger partial charge in [0.05, 0.1) is 0 Å². The average molecular weight is 262 g/mol. The minimum atomic E-state index is 0.0708. The molecule has 2 heterocycles. The Bertz CT molecular complexity index is 488. The van der Waals surface area contributed by atoms with Gasteiger partial charge >= 0.3 is 0 Å². The molecule has 1 aliphatic carbocycles. The van der Waals surface area contributed by atoms with E-state index in [0.717, 1.165) is 32.5 Å². The summed E-state index contributed by atoms with van der Waals surface area (Å²) in [5, 5.41) is 3.37. The highest BCUT2D eigenvalue weighted by atomic mass is 16.1. The number of nitrogens with one attached hydrogen (secondary N) is 1. The van der Waals surface area contributed by atoms with Crippen molar-refractivity contribution in [3.8, 4) is 0 Å². The molecule has 1 aromatic rings. The van der Waals surface area contributed by atoms with Gasteiger partial charge in [-0.1, -0.05) is 0 Å². The van der Waals surface area contributed by atoms with Gasteiger partial charge in [0.25, 0.3) is 5.56 Å². The van der Waals surface area contributed by atoms with Gasteiger partial charge in [-0.05, 0) is 44.7 Å². The number of anilines is 1. The Morgan fingerprint density at radius 2 is 2.11 bits per heavy atom. The maximum atomic E-state index is 12.4. The molecule has 1 N–H and O–H groups in total. The predicted octanol–water partition coefficient (Wildman–Crippen LogP) is 1.01. The summed E-state index contributed by atoms with van der Waals surface area (Å²) in [5.74, 6) is 1.27. The zero-order valence-electron chi connectivity index (χ0n) is 11.5. The number of rotatable bonds is 4. The quantitative estimate of drug-likeness (QED) is 0.880. The molecule has 0 bridgehead atoms. The first-order chi connectivity index (χ1) is 9.25. The van der Waals surface area contributed by atoms with Gasteiger partial charge in [-0.15, -0.1) is 0 Å². The van der Waals surface area contributed by atoms with E-state index >= 15 is 0 Å². The molecule has 2 aliphatic rings. The maximum absolute atomic E-state index is 12.4. The monoisotopic (exact) mass is 262 g/mol. The molecular weight excluding hydrogens is 240 g/mol. The summed E-state index contributed by atoms with van der Waals surface area (Å²) < 4.78 is 1.85. The van der Waals surface area contributed by atoms with Gasteiger partial charge in [-0.2, -0.15) is 0 Å². The molecule has 104 valence electrons. The van der Waals surface area contributed by atoms with E-state index in [9.17, 15) is 4.79 Å². The number of nitrogens with zero attached hydrogens (tertiary/aromatic N) is 3. The minimum absolute atomic E-state index is 0.0708. The van der Waals surface area contributed by atoms with Crippen molar-refractivity contribution in [2.45, 2.75) is 31.7 Å². The molecule has 0 atom stereocenters. The largest absolute Gasteiger partial charge is 0.355 e. The van der Waals surface area contributed by atoms with E-state index in [1.807, 2.05) is 22.7 Å². The van der Waals surface area contributed by atoms with Crippen molar-refractivity contribution in [3.63, 3.8) is 0 Å². The van der Waals surface area contributed by atoms with Crippen LogP contribution >= 0.6 is 0 Å². The second-order valence-corrected chi connectivity index (χ2v) is 5.77. The van der Waals surface area contributed by atoms with Gasteiger partial charge in [-0.25, -0.2) is 4.98 Å². The van der Waals surface area contributed by atoms with Gasteiger partial charge in [0.15, 0.2) is 5.82 Å². The van der Waals surface area contributed by atoms with E-state index in [0.29, 0.717) is 17.8 Å². The fourth-order valence-corrected chi connectivity index (χ4v) is 2.85. The van der Waals surface area contributed by atoms with Crippen molar-refractivity contribution in [2.75, 3.05) is 31.6 Å². The lowest BCUT2D eigenvalue weighted by atomic mass is 9.98. The van der Waals surface area contributed by atoms with E-state index in [1.54, 1.807) is 6.20 Å². The summed E-state index contributed by atoms with van der Waals surface area (Å²) >= 11 is 0. The molecule has 1 saturated heterocycles. The van der Waals surface area contributed by atoms with Crippen molar-refractivity contribution < 1.29 is 0 Å². The Hall–Kier alpha value is -1.36. The van der Waals surface area contributed by atoms with Gasteiger partial charge in [0.1, 0.15) is 0 Å². The van der Waals surface area contributed by atoms with Crippen LogP contribution in [-0.2, 0) is 0 Å². The molecule has 0 radical (unpaired) electrons. The number of aromatic nitrogens is 2. The molecule has 0 aromatic carbocycles. The van der Waals surface area contributed by atoms with Gasteiger partial charge in [0, 0.05) is 32.0 Å². The fourth-order valence-electron chi connectivity index (χ4n) is 2.85. The maximum Gasteiger partial charge on any atom is 0.293 e. The molecule has 5 heteroatoms. The molecule has 5 nitrogen and oxygen atoms in total. The second kappa shape index (κ2) is 5.33. The third-order valence-corrected chi connectivity index (χ3v) is 4.14. The molecule has 3 rings (SSSR count). The molecule has 0 amide bonds. The topological polar surface area (TPSA) is 50.2 Å². The van der Waals surface area contributed by atoms with Crippen LogP contribution in [0.5, 0.6) is 0 Å². The minimum Gasteiger partial charge on any atom is -0.355 e. The third kappa shape index (κ3) is 2.81. The van der Waals surface area contributed by atoms with E-state index in [-0.39, 0.29) is 5.56 Å². The van der Waals surface area contributed by atoms with Crippen LogP contribution in [-0.4, -0.2) is 36.2 Å². The summed E-state index contributed by atoms with van der Waals surface area (Å²) in [7, 11) is 1.99. The first-order valence-corrected chi connectivity index (χ1v) is 7.24. The highest BCUT2D eigenvalue weighted by molar-refractivity contribution is 5.34. The second-order valence-electron chi connectivity index (χ2n) is 5.77. The van der Waals surface area contributed by atoms with Crippen LogP contribution < -0.4 is 15.8 Å². The Labute approximate surface area is 113 Å². The zero-order valence-corrected chi connectivity index (χ0v) is 11.5. The first-order valence-electron chi connectivity index (χ1n) is 7.24. The Balaban J connectivity index is 1.73. The van der Waals surface area contributed by atoms with Crippen molar-refractivity contribution in [3.05, 3.63) is 22.7 Å². The van der Waals surface area contributed by atoms with E-state index < -0.39 is 0 Å². The van der Waals surface area contributed by atoms with Crippen LogP contribution in [0.1, 0.15) is 31.7 Å². The molecule has 19 heavy (non-hydrogen) atoms. The van der Waals surface area contributed by atoms with E-state index in [2.05, 4.69) is 10.3 Å². The molecular formula is C14H22N4O. The number of hydrogen-bond donors (Lipinski definition) is 1. The van der Waals surface area contributed by atoms with Crippen LogP contribution in [0.25, 0.3) is 0 Å². The molecule has 1 aromatic heterocycles. The van der Waals surface area contributed by atoms with Crippen LogP contribution in [0, 0.1) is 5.92 Å². The lowest BCUT2D eigenvalue weighted by molar-refractivity contribution is 0.377. The summed E-state index contributed by atoms with van der Waals surface area (Å²) in [6, 6.07) is 0.418. The SMILES string of the molecule is CN(CC1CCNCC1)c1nccn(C2CC2)c1=O. The van der Waals surface area contributed by atoms with Crippen LogP contribution in [0.2, 0.25) is 0 Å². The number of piperidine rings is 1. The lowest BCUT2D eigenvalue weighted by Crippen LogP contribution is -2.37. The van der Waals surface area contributed by atoms with Crippen LogP contribution in [0.4, 0.5) is 5.82 Å². The van der Waals surface area contributed by atoms with Crippen molar-refractivity contribution in [1.29, 1.82) is 0 Å². The molecule has 2 fully saturated rings. The van der Waals surface area contributed by atoms with E-state index in [1.165, 1.54) is 12.8 Å². The van der Waals surface area contributed by atoms with Crippen LogP contribution in [0.3, 0.4) is 0 Å². The van der Waals surface area contributed by atoms with Crippen molar-refractivity contribution >= 4 is 5.82 Å². The summed E-state index contributed by atoms with van der Waals surface area (Å²) in [4.78, 5) is 18.7. The van der Waals surface area contributed by atoms with Gasteiger partial charge in [0.2, 0.25) is 0 Å².